The van der Waals surface area contributed by atoms with Crippen LogP contribution in [-0.4, -0.2) is 55.3 Å². The summed E-state index contributed by atoms with van der Waals surface area (Å²) in [6.07, 6.45) is 2.18. The molecule has 2 aliphatic heterocycles. The molecule has 1 amide bonds. The van der Waals surface area contributed by atoms with Gasteiger partial charge in [0.2, 0.25) is 5.91 Å². The zero-order chi connectivity index (χ0) is 20.4. The number of hydrogen-bond donors (Lipinski definition) is 1. The quantitative estimate of drug-likeness (QED) is 0.798. The first-order valence-corrected chi connectivity index (χ1v) is 10.4. The van der Waals surface area contributed by atoms with E-state index in [1.165, 1.54) is 0 Å². The highest BCUT2D eigenvalue weighted by Gasteiger charge is 2.33. The third-order valence-corrected chi connectivity index (χ3v) is 5.87. The van der Waals surface area contributed by atoms with Crippen LogP contribution >= 0.6 is 0 Å². The maximum Gasteiger partial charge on any atom is 0.219 e. The Morgan fingerprint density at radius 3 is 2.90 bits per heavy atom. The minimum atomic E-state index is -0.0308. The van der Waals surface area contributed by atoms with Crippen LogP contribution in [0.1, 0.15) is 55.5 Å². The summed E-state index contributed by atoms with van der Waals surface area (Å²) < 4.78 is 7.79. The molecular weight excluding hydrogens is 370 g/mol. The van der Waals surface area contributed by atoms with Crippen molar-refractivity contribution in [2.45, 2.75) is 59.0 Å². The predicted octanol–water partition coefficient (Wildman–Crippen LogP) is 1.87. The molecule has 8 nitrogen and oxygen atoms in total. The lowest BCUT2D eigenvalue weighted by molar-refractivity contribution is -0.130. The fourth-order valence-corrected chi connectivity index (χ4v) is 4.39. The Morgan fingerprint density at radius 2 is 2.14 bits per heavy atom. The molecule has 4 rings (SSSR count). The summed E-state index contributed by atoms with van der Waals surface area (Å²) in [4.78, 5) is 15.9. The number of aromatic nitrogens is 3. The third-order valence-electron chi connectivity index (χ3n) is 5.87. The van der Waals surface area contributed by atoms with Crippen molar-refractivity contribution in [3.8, 4) is 5.75 Å². The van der Waals surface area contributed by atoms with Crippen LogP contribution in [0.25, 0.3) is 0 Å². The largest absolute Gasteiger partial charge is 0.494 e. The highest BCUT2D eigenvalue weighted by atomic mass is 16.5. The Kier molecular flexibility index (Phi) is 5.82. The van der Waals surface area contributed by atoms with E-state index in [4.69, 9.17) is 4.74 Å². The van der Waals surface area contributed by atoms with Gasteiger partial charge in [-0.05, 0) is 44.0 Å². The summed E-state index contributed by atoms with van der Waals surface area (Å²) in [7, 11) is 0. The number of carbonyl (C=O) groups is 1. The van der Waals surface area contributed by atoms with Crippen molar-refractivity contribution < 1.29 is 14.6 Å². The molecule has 0 spiro atoms. The summed E-state index contributed by atoms with van der Waals surface area (Å²) in [6, 6.07) is 6.28. The molecule has 0 radical (unpaired) electrons. The number of hydrogen-bond acceptors (Lipinski definition) is 6. The van der Waals surface area contributed by atoms with E-state index in [-0.39, 0.29) is 18.6 Å². The van der Waals surface area contributed by atoms with E-state index < -0.39 is 0 Å². The highest BCUT2D eigenvalue weighted by molar-refractivity contribution is 5.73. The van der Waals surface area contributed by atoms with Crippen molar-refractivity contribution in [1.82, 2.24) is 24.6 Å². The number of aliphatic hydroxyl groups is 1. The maximum atomic E-state index is 11.7. The number of aliphatic hydroxyl groups excluding tert-OH is 1. The first-order valence-electron chi connectivity index (χ1n) is 10.4. The summed E-state index contributed by atoms with van der Waals surface area (Å²) >= 11 is 0. The summed E-state index contributed by atoms with van der Waals surface area (Å²) in [5, 5.41) is 18.6. The van der Waals surface area contributed by atoms with E-state index >= 15 is 0 Å². The molecule has 1 fully saturated rings. The topological polar surface area (TPSA) is 83.7 Å². The molecule has 1 unspecified atom stereocenters. The van der Waals surface area contributed by atoms with Crippen LogP contribution < -0.4 is 4.74 Å². The lowest BCUT2D eigenvalue weighted by atomic mass is 10.1. The predicted molar refractivity (Wildman–Crippen MR) is 107 cm³/mol. The van der Waals surface area contributed by atoms with Crippen LogP contribution in [0.4, 0.5) is 0 Å². The number of amides is 1. The summed E-state index contributed by atoms with van der Waals surface area (Å²) in [6.45, 7) is 7.89. The van der Waals surface area contributed by atoms with Gasteiger partial charge in [-0.15, -0.1) is 10.2 Å². The van der Waals surface area contributed by atoms with E-state index in [0.29, 0.717) is 19.7 Å². The molecule has 1 N–H and O–H groups in total. The zero-order valence-electron chi connectivity index (χ0n) is 17.2. The van der Waals surface area contributed by atoms with Crippen molar-refractivity contribution >= 4 is 5.91 Å². The SMILES string of the molecule is CCOc1ccc(CN2CCCC2c2nnc3n2CCN(C(C)=O)C3)cc1CO. The van der Waals surface area contributed by atoms with Crippen molar-refractivity contribution in [2.75, 3.05) is 19.7 Å². The molecule has 1 aromatic heterocycles. The number of rotatable bonds is 6. The molecule has 0 bridgehead atoms. The van der Waals surface area contributed by atoms with E-state index in [1.54, 1.807) is 6.92 Å². The first-order chi connectivity index (χ1) is 14.1. The number of carbonyl (C=O) groups excluding carboxylic acids is 1. The van der Waals surface area contributed by atoms with Crippen LogP contribution in [0.3, 0.4) is 0 Å². The van der Waals surface area contributed by atoms with Crippen molar-refractivity contribution in [1.29, 1.82) is 0 Å². The second-order valence-electron chi connectivity index (χ2n) is 7.73. The first kappa shape index (κ1) is 19.8. The fraction of sp³-hybridized carbons (Fsp3) is 0.571. The Labute approximate surface area is 171 Å². The minimum absolute atomic E-state index is 0.0308. The lowest BCUT2D eigenvalue weighted by Crippen LogP contribution is -2.38. The average Bonchev–Trinajstić information content (AvgIpc) is 3.35. The smallest absolute Gasteiger partial charge is 0.219 e. The Balaban J connectivity index is 1.52. The van der Waals surface area contributed by atoms with Crippen LogP contribution in [0, 0.1) is 0 Å². The monoisotopic (exact) mass is 399 g/mol. The van der Waals surface area contributed by atoms with Gasteiger partial charge in [-0.3, -0.25) is 9.69 Å². The molecule has 1 saturated heterocycles. The van der Waals surface area contributed by atoms with Crippen LogP contribution in [0.2, 0.25) is 0 Å². The van der Waals surface area contributed by atoms with Gasteiger partial charge in [0.25, 0.3) is 0 Å². The normalized spacial score (nSPS) is 19.4. The molecule has 0 saturated carbocycles. The van der Waals surface area contributed by atoms with E-state index in [1.807, 2.05) is 24.0 Å². The summed E-state index contributed by atoms with van der Waals surface area (Å²) in [5.74, 6) is 2.71. The average molecular weight is 399 g/mol. The van der Waals surface area contributed by atoms with Crippen molar-refractivity contribution in [3.63, 3.8) is 0 Å². The van der Waals surface area contributed by atoms with Gasteiger partial charge in [-0.2, -0.15) is 0 Å². The van der Waals surface area contributed by atoms with Crippen molar-refractivity contribution in [3.05, 3.63) is 41.0 Å². The molecule has 0 aliphatic carbocycles. The van der Waals surface area contributed by atoms with E-state index in [0.717, 1.165) is 61.0 Å². The third kappa shape index (κ3) is 4.00. The standard InChI is InChI=1S/C21H29N5O3/c1-3-29-19-7-6-16(11-17(19)14-27)12-25-8-4-5-18(25)21-23-22-20-13-24(15(2)28)9-10-26(20)21/h6-7,11,18,27H,3-5,8-10,12-14H2,1-2H3. The summed E-state index contributed by atoms with van der Waals surface area (Å²) in [5.41, 5.74) is 1.98. The second-order valence-corrected chi connectivity index (χ2v) is 7.73. The minimum Gasteiger partial charge on any atom is -0.494 e. The number of ether oxygens (including phenoxy) is 1. The molecular formula is C21H29N5O3. The van der Waals surface area contributed by atoms with Crippen LogP contribution in [0.15, 0.2) is 18.2 Å². The van der Waals surface area contributed by atoms with Gasteiger partial charge in [0.05, 0.1) is 25.8 Å². The molecule has 29 heavy (non-hydrogen) atoms. The molecule has 2 aromatic rings. The van der Waals surface area contributed by atoms with Gasteiger partial charge in [0.15, 0.2) is 11.6 Å². The second kappa shape index (κ2) is 8.51. The number of likely N-dealkylation sites (tertiary alicyclic amines) is 1. The highest BCUT2D eigenvalue weighted by Crippen LogP contribution is 2.34. The van der Waals surface area contributed by atoms with E-state index in [2.05, 4.69) is 25.7 Å². The lowest BCUT2D eigenvalue weighted by Gasteiger charge is -2.29. The number of fused-ring (bicyclic) bond motifs is 1. The van der Waals surface area contributed by atoms with E-state index in [9.17, 15) is 9.90 Å². The molecule has 8 heteroatoms. The Morgan fingerprint density at radius 1 is 1.28 bits per heavy atom. The number of benzene rings is 1. The van der Waals surface area contributed by atoms with Gasteiger partial charge in [0.1, 0.15) is 5.75 Å². The number of nitrogens with zero attached hydrogens (tertiary/aromatic N) is 5. The van der Waals surface area contributed by atoms with Gasteiger partial charge in [-0.1, -0.05) is 6.07 Å². The van der Waals surface area contributed by atoms with Crippen LogP contribution in [0.5, 0.6) is 5.75 Å². The Hall–Kier alpha value is -2.45. The molecule has 2 aliphatic rings. The Bertz CT molecular complexity index is 881. The van der Waals surface area contributed by atoms with Gasteiger partial charge in [-0.25, -0.2) is 0 Å². The van der Waals surface area contributed by atoms with Crippen LogP contribution in [-0.2, 0) is 31.0 Å². The molecule has 1 atom stereocenters. The van der Waals surface area contributed by atoms with Gasteiger partial charge >= 0.3 is 0 Å². The molecule has 3 heterocycles. The zero-order valence-corrected chi connectivity index (χ0v) is 17.2. The molecule has 1 aromatic carbocycles. The van der Waals surface area contributed by atoms with Gasteiger partial charge < -0.3 is 19.3 Å². The fourth-order valence-electron chi connectivity index (χ4n) is 4.39. The van der Waals surface area contributed by atoms with Gasteiger partial charge in [0, 0.05) is 32.1 Å². The molecule has 156 valence electrons. The maximum absolute atomic E-state index is 11.7. The van der Waals surface area contributed by atoms with Crippen molar-refractivity contribution in [2.24, 2.45) is 0 Å².